The van der Waals surface area contributed by atoms with Crippen molar-refractivity contribution in [1.29, 1.82) is 0 Å². The molecule has 0 aliphatic heterocycles. The largest absolute Gasteiger partial charge is 0.545 e. The second kappa shape index (κ2) is 54.0. The predicted molar refractivity (Wildman–Crippen MR) is 301 cm³/mol. The number of rotatable bonds is 54. The van der Waals surface area contributed by atoms with Gasteiger partial charge < -0.3 is 33.3 Å². The van der Waals surface area contributed by atoms with Crippen LogP contribution in [-0.4, -0.2) is 82.3 Å². The second-order valence-corrected chi connectivity index (χ2v) is 20.9. The van der Waals surface area contributed by atoms with Crippen LogP contribution in [0.3, 0.4) is 0 Å². The molecule has 0 saturated carbocycles. The standard InChI is InChI=1S/C63H111NO8/c1-6-8-10-12-14-16-18-20-22-24-25-26-27-28-29-30-31-32-33-34-35-36-37-38-40-42-44-46-48-50-52-54-61(66)72-59(58-71-63(62(67)68)69-56-55-64(3,4)5)57-70-60(65)53-51-49-47-45-43-41-39-23-21-19-17-15-13-11-9-7-2/h8,10,14,16,20,22-23,25-26,28-29,39,59,63H,6-7,9,11-13,15,17-19,21,24,27,30-38,40-58H2,1-5H3/b10-8-,16-14-,22-20-,26-25-,29-28-,39-23-. The maximum absolute atomic E-state index is 12.9. The zero-order valence-corrected chi connectivity index (χ0v) is 47.3. The van der Waals surface area contributed by atoms with E-state index in [0.717, 1.165) is 89.9 Å². The number of hydrogen-bond donors (Lipinski definition) is 0. The Morgan fingerprint density at radius 1 is 0.431 bits per heavy atom. The molecule has 0 N–H and O–H groups in total. The van der Waals surface area contributed by atoms with E-state index in [2.05, 4.69) is 86.8 Å². The molecule has 9 nitrogen and oxygen atoms in total. The zero-order valence-electron chi connectivity index (χ0n) is 47.3. The summed E-state index contributed by atoms with van der Waals surface area (Å²) in [7, 11) is 5.92. The lowest BCUT2D eigenvalue weighted by molar-refractivity contribution is -0.870. The van der Waals surface area contributed by atoms with Crippen LogP contribution < -0.4 is 5.11 Å². The van der Waals surface area contributed by atoms with E-state index in [4.69, 9.17) is 18.9 Å². The van der Waals surface area contributed by atoms with E-state index in [1.165, 1.54) is 128 Å². The molecule has 0 aliphatic rings. The molecule has 9 heteroatoms. The van der Waals surface area contributed by atoms with Crippen molar-refractivity contribution >= 4 is 17.9 Å². The highest BCUT2D eigenvalue weighted by molar-refractivity contribution is 5.70. The Balaban J connectivity index is 4.17. The van der Waals surface area contributed by atoms with Gasteiger partial charge in [-0.15, -0.1) is 0 Å². The van der Waals surface area contributed by atoms with Crippen LogP contribution in [0.2, 0.25) is 0 Å². The van der Waals surface area contributed by atoms with Gasteiger partial charge in [0, 0.05) is 12.8 Å². The van der Waals surface area contributed by atoms with E-state index in [0.29, 0.717) is 17.4 Å². The van der Waals surface area contributed by atoms with Crippen molar-refractivity contribution in [3.63, 3.8) is 0 Å². The number of carbonyl (C=O) groups is 3. The van der Waals surface area contributed by atoms with Crippen LogP contribution in [-0.2, 0) is 33.3 Å². The first-order valence-corrected chi connectivity index (χ1v) is 29.6. The van der Waals surface area contributed by atoms with Gasteiger partial charge in [-0.25, -0.2) is 0 Å². The first kappa shape index (κ1) is 68.7. The van der Waals surface area contributed by atoms with Gasteiger partial charge >= 0.3 is 11.9 Å². The Kier molecular flexibility index (Phi) is 51.6. The third-order valence-corrected chi connectivity index (χ3v) is 12.7. The van der Waals surface area contributed by atoms with Crippen molar-refractivity contribution < 1.29 is 42.9 Å². The number of unbranched alkanes of at least 4 members (excludes halogenated alkanes) is 27. The molecular weight excluding hydrogens is 899 g/mol. The fourth-order valence-corrected chi connectivity index (χ4v) is 8.15. The van der Waals surface area contributed by atoms with Crippen molar-refractivity contribution in [2.45, 2.75) is 264 Å². The number of aliphatic carboxylic acids is 1. The Bertz CT molecular complexity index is 1410. The molecule has 2 atom stereocenters. The van der Waals surface area contributed by atoms with E-state index < -0.39 is 24.3 Å². The molecule has 0 saturated heterocycles. The normalized spacial score (nSPS) is 13.3. The number of esters is 2. The minimum atomic E-state index is -1.62. The minimum Gasteiger partial charge on any atom is -0.545 e. The molecule has 0 radical (unpaired) electrons. The molecule has 0 amide bonds. The highest BCUT2D eigenvalue weighted by atomic mass is 16.7. The van der Waals surface area contributed by atoms with Gasteiger partial charge in [-0.1, -0.05) is 228 Å². The molecule has 0 fully saturated rings. The van der Waals surface area contributed by atoms with Crippen LogP contribution in [0.1, 0.15) is 251 Å². The topological polar surface area (TPSA) is 111 Å². The van der Waals surface area contributed by atoms with Gasteiger partial charge in [0.15, 0.2) is 12.4 Å². The summed E-state index contributed by atoms with van der Waals surface area (Å²) < 4.78 is 22.7. The van der Waals surface area contributed by atoms with Crippen LogP contribution in [0.15, 0.2) is 72.9 Å². The number of nitrogens with zero attached hydrogens (tertiary/aromatic N) is 1. The highest BCUT2D eigenvalue weighted by Gasteiger charge is 2.22. The summed E-state index contributed by atoms with van der Waals surface area (Å²) in [5, 5.41) is 11.8. The lowest BCUT2D eigenvalue weighted by Gasteiger charge is -2.26. The number of carboxylic acid groups (broad SMARTS) is 1. The molecular formula is C63H111NO8. The zero-order chi connectivity index (χ0) is 52.7. The monoisotopic (exact) mass is 1010 g/mol. The van der Waals surface area contributed by atoms with Crippen LogP contribution in [0.5, 0.6) is 0 Å². The van der Waals surface area contributed by atoms with E-state index in [1.54, 1.807) is 0 Å². The van der Waals surface area contributed by atoms with Crippen LogP contribution in [0.25, 0.3) is 0 Å². The lowest BCUT2D eigenvalue weighted by atomic mass is 10.0. The molecule has 0 aromatic rings. The first-order valence-electron chi connectivity index (χ1n) is 29.6. The van der Waals surface area contributed by atoms with Crippen molar-refractivity contribution in [3.05, 3.63) is 72.9 Å². The Hall–Kier alpha value is -3.27. The van der Waals surface area contributed by atoms with Crippen LogP contribution in [0, 0.1) is 0 Å². The molecule has 416 valence electrons. The van der Waals surface area contributed by atoms with Gasteiger partial charge in [0.05, 0.1) is 40.3 Å². The summed E-state index contributed by atoms with van der Waals surface area (Å²) in [4.78, 5) is 37.3. The summed E-state index contributed by atoms with van der Waals surface area (Å²) in [6.07, 6.45) is 66.7. The van der Waals surface area contributed by atoms with Gasteiger partial charge in [0.1, 0.15) is 13.2 Å². The molecule has 0 heterocycles. The smallest absolute Gasteiger partial charge is 0.306 e. The molecule has 0 bridgehead atoms. The lowest BCUT2D eigenvalue weighted by Crippen LogP contribution is -2.44. The summed E-state index contributed by atoms with van der Waals surface area (Å²) >= 11 is 0. The molecule has 2 unspecified atom stereocenters. The molecule has 0 aromatic heterocycles. The Morgan fingerprint density at radius 2 is 0.792 bits per heavy atom. The van der Waals surface area contributed by atoms with Gasteiger partial charge in [-0.2, -0.15) is 0 Å². The third-order valence-electron chi connectivity index (χ3n) is 12.7. The van der Waals surface area contributed by atoms with Crippen molar-refractivity contribution in [2.24, 2.45) is 0 Å². The number of likely N-dealkylation sites (N-methyl/N-ethyl adjacent to an activating group) is 1. The summed E-state index contributed by atoms with van der Waals surface area (Å²) in [5.74, 6) is -2.29. The molecule has 0 spiro atoms. The Morgan fingerprint density at radius 3 is 1.19 bits per heavy atom. The van der Waals surface area contributed by atoms with Crippen molar-refractivity contribution in [2.75, 3.05) is 47.5 Å². The highest BCUT2D eigenvalue weighted by Crippen LogP contribution is 2.16. The van der Waals surface area contributed by atoms with E-state index in [9.17, 15) is 19.5 Å². The van der Waals surface area contributed by atoms with Gasteiger partial charge in [-0.05, 0) is 83.5 Å². The van der Waals surface area contributed by atoms with Gasteiger partial charge in [0.25, 0.3) is 0 Å². The summed E-state index contributed by atoms with van der Waals surface area (Å²) in [5.41, 5.74) is 0. The fourth-order valence-electron chi connectivity index (χ4n) is 8.15. The SMILES string of the molecule is CC/C=C\C/C=C\C/C=C\C/C=C\C/C=C\CCCCCCCCCCCCCCCCCC(=O)OC(COC(=O)CCCCCCC/C=C\CCCCCCCCC)COC(OCC[N+](C)(C)C)C(=O)[O-]. The van der Waals surface area contributed by atoms with Crippen molar-refractivity contribution in [3.8, 4) is 0 Å². The van der Waals surface area contributed by atoms with E-state index in [-0.39, 0.29) is 38.6 Å². The molecule has 72 heavy (non-hydrogen) atoms. The maximum atomic E-state index is 12.9. The summed E-state index contributed by atoms with van der Waals surface area (Å²) in [6.45, 7) is 4.64. The predicted octanol–water partition coefficient (Wildman–Crippen LogP) is 16.1. The van der Waals surface area contributed by atoms with Gasteiger partial charge in [0.2, 0.25) is 0 Å². The number of ether oxygens (including phenoxy) is 4. The Labute approximate surface area is 443 Å². The number of carbonyl (C=O) groups excluding carboxylic acids is 3. The van der Waals surface area contributed by atoms with E-state index in [1.807, 2.05) is 21.1 Å². The molecule has 0 rings (SSSR count). The van der Waals surface area contributed by atoms with Crippen LogP contribution >= 0.6 is 0 Å². The third kappa shape index (κ3) is 54.5. The second-order valence-electron chi connectivity index (χ2n) is 20.9. The maximum Gasteiger partial charge on any atom is 0.306 e. The number of hydrogen-bond acceptors (Lipinski definition) is 8. The minimum absolute atomic E-state index is 0.145. The van der Waals surface area contributed by atoms with Crippen molar-refractivity contribution in [1.82, 2.24) is 0 Å². The quantitative estimate of drug-likeness (QED) is 0.0195. The average Bonchev–Trinajstić information content (AvgIpc) is 3.35. The summed E-state index contributed by atoms with van der Waals surface area (Å²) in [6, 6.07) is 0. The number of allylic oxidation sites excluding steroid dienone is 12. The van der Waals surface area contributed by atoms with E-state index >= 15 is 0 Å². The number of quaternary nitrogens is 1. The van der Waals surface area contributed by atoms with Gasteiger partial charge in [-0.3, -0.25) is 9.59 Å². The first-order chi connectivity index (χ1) is 35.1. The fraction of sp³-hybridized carbons (Fsp3) is 0.762. The molecule has 0 aliphatic carbocycles. The number of carboxylic acids is 1. The molecule has 0 aromatic carbocycles. The van der Waals surface area contributed by atoms with Crippen LogP contribution in [0.4, 0.5) is 0 Å². The average molecular weight is 1010 g/mol.